The number of rotatable bonds is 4. The molecule has 0 amide bonds. The predicted molar refractivity (Wildman–Crippen MR) is 101 cm³/mol. The number of hydrogen-bond donors (Lipinski definition) is 3. The number of aromatic nitrogens is 5. The highest BCUT2D eigenvalue weighted by Gasteiger charge is 2.24. The smallest absolute Gasteiger partial charge is 0.337 e. The van der Waals surface area contributed by atoms with Crippen LogP contribution in [0.2, 0.25) is 0 Å². The highest BCUT2D eigenvalue weighted by Crippen LogP contribution is 2.23. The first-order valence-corrected chi connectivity index (χ1v) is 8.95. The average molecular weight is 380 g/mol. The number of fused-ring (bicyclic) bond motifs is 1. The van der Waals surface area contributed by atoms with Crippen LogP contribution in [-0.4, -0.2) is 47.4 Å². The Labute approximate surface area is 160 Å². The molecule has 4 heterocycles. The molecule has 0 radical (unpaired) electrons. The van der Waals surface area contributed by atoms with Crippen molar-refractivity contribution < 1.29 is 9.90 Å². The van der Waals surface area contributed by atoms with Crippen molar-refractivity contribution in [1.82, 2.24) is 29.8 Å². The molecule has 1 aliphatic heterocycles. The molecule has 0 saturated heterocycles. The summed E-state index contributed by atoms with van der Waals surface area (Å²) in [7, 11) is 0. The molecule has 0 spiro atoms. The van der Waals surface area contributed by atoms with Gasteiger partial charge in [-0.3, -0.25) is 9.69 Å². The number of aromatic amines is 2. The summed E-state index contributed by atoms with van der Waals surface area (Å²) in [5.74, 6) is -0.459. The van der Waals surface area contributed by atoms with Gasteiger partial charge in [0, 0.05) is 49.8 Å². The average Bonchev–Trinajstić information content (AvgIpc) is 2.96. The van der Waals surface area contributed by atoms with Crippen molar-refractivity contribution >= 4 is 5.97 Å². The largest absolute Gasteiger partial charge is 0.478 e. The minimum atomic E-state index is -0.931. The second kappa shape index (κ2) is 7.01. The normalized spacial score (nSPS) is 14.1. The van der Waals surface area contributed by atoms with E-state index in [-0.39, 0.29) is 5.56 Å². The molecule has 0 aliphatic carbocycles. The van der Waals surface area contributed by atoms with Crippen LogP contribution in [0.25, 0.3) is 11.4 Å². The Hall–Kier alpha value is -3.33. The lowest BCUT2D eigenvalue weighted by Crippen LogP contribution is -2.35. The van der Waals surface area contributed by atoms with Gasteiger partial charge in [0.15, 0.2) is 0 Å². The summed E-state index contributed by atoms with van der Waals surface area (Å²) in [5.41, 5.74) is 4.50. The van der Waals surface area contributed by atoms with Crippen LogP contribution >= 0.6 is 0 Å². The standard InChI is InChI=1S/C19H20N6O3/c1-10-15(22-11(2)16(10)19(27)28)8-25-4-3-14-13(7-25)18(26)24-17(23-14)12-5-20-9-21-6-12/h5-6,9,22H,3-4,7-8H2,1-2H3,(H,27,28)(H,23,24,26). The summed E-state index contributed by atoms with van der Waals surface area (Å²) in [4.78, 5) is 44.7. The second-order valence-electron chi connectivity index (χ2n) is 6.96. The number of carboxylic acid groups (broad SMARTS) is 1. The van der Waals surface area contributed by atoms with Gasteiger partial charge in [-0.05, 0) is 19.4 Å². The summed E-state index contributed by atoms with van der Waals surface area (Å²) in [6.45, 7) is 5.31. The quantitative estimate of drug-likeness (QED) is 0.624. The summed E-state index contributed by atoms with van der Waals surface area (Å²) in [6.07, 6.45) is 5.30. The predicted octanol–water partition coefficient (Wildman–Crippen LogP) is 1.43. The number of carboxylic acids is 1. The maximum Gasteiger partial charge on any atom is 0.337 e. The first-order valence-electron chi connectivity index (χ1n) is 8.95. The first-order chi connectivity index (χ1) is 13.4. The van der Waals surface area contributed by atoms with Crippen LogP contribution in [0.5, 0.6) is 0 Å². The van der Waals surface area contributed by atoms with Gasteiger partial charge in [-0.2, -0.15) is 0 Å². The Balaban J connectivity index is 1.59. The minimum absolute atomic E-state index is 0.167. The van der Waals surface area contributed by atoms with E-state index in [1.54, 1.807) is 19.3 Å². The fourth-order valence-corrected chi connectivity index (χ4v) is 3.69. The maximum atomic E-state index is 12.6. The molecule has 9 heteroatoms. The van der Waals surface area contributed by atoms with Crippen molar-refractivity contribution in [2.75, 3.05) is 6.54 Å². The van der Waals surface area contributed by atoms with Crippen molar-refractivity contribution in [2.45, 2.75) is 33.4 Å². The Morgan fingerprint density at radius 3 is 2.68 bits per heavy atom. The molecule has 1 aliphatic rings. The van der Waals surface area contributed by atoms with Gasteiger partial charge in [-0.15, -0.1) is 0 Å². The van der Waals surface area contributed by atoms with Gasteiger partial charge in [-0.25, -0.2) is 19.7 Å². The molecule has 144 valence electrons. The van der Waals surface area contributed by atoms with Gasteiger partial charge in [0.1, 0.15) is 12.2 Å². The zero-order valence-electron chi connectivity index (χ0n) is 15.6. The van der Waals surface area contributed by atoms with E-state index in [4.69, 9.17) is 0 Å². The number of hydrogen-bond acceptors (Lipinski definition) is 6. The van der Waals surface area contributed by atoms with Crippen molar-refractivity contribution in [2.24, 2.45) is 0 Å². The fraction of sp³-hybridized carbons (Fsp3) is 0.316. The van der Waals surface area contributed by atoms with E-state index >= 15 is 0 Å². The minimum Gasteiger partial charge on any atom is -0.478 e. The molecular formula is C19H20N6O3. The van der Waals surface area contributed by atoms with E-state index in [0.717, 1.165) is 23.5 Å². The topological polar surface area (TPSA) is 128 Å². The number of aromatic carboxylic acids is 1. The van der Waals surface area contributed by atoms with Gasteiger partial charge in [0.25, 0.3) is 5.56 Å². The Kier molecular flexibility index (Phi) is 4.52. The van der Waals surface area contributed by atoms with Crippen molar-refractivity contribution in [3.05, 3.63) is 62.8 Å². The number of carbonyl (C=O) groups is 1. The zero-order chi connectivity index (χ0) is 19.8. The molecule has 9 nitrogen and oxygen atoms in total. The molecule has 28 heavy (non-hydrogen) atoms. The van der Waals surface area contributed by atoms with Crippen molar-refractivity contribution in [3.8, 4) is 11.4 Å². The van der Waals surface area contributed by atoms with Crippen LogP contribution in [0.4, 0.5) is 0 Å². The zero-order valence-corrected chi connectivity index (χ0v) is 15.6. The second-order valence-corrected chi connectivity index (χ2v) is 6.96. The monoisotopic (exact) mass is 380 g/mol. The van der Waals surface area contributed by atoms with Crippen LogP contribution in [0, 0.1) is 13.8 Å². The molecule has 0 aromatic carbocycles. The van der Waals surface area contributed by atoms with Crippen LogP contribution in [-0.2, 0) is 19.5 Å². The summed E-state index contributed by atoms with van der Waals surface area (Å²) < 4.78 is 0. The maximum absolute atomic E-state index is 12.6. The number of nitrogens with zero attached hydrogens (tertiary/aromatic N) is 4. The molecule has 0 unspecified atom stereocenters. The third-order valence-corrected chi connectivity index (χ3v) is 5.12. The molecule has 3 aromatic rings. The van der Waals surface area contributed by atoms with E-state index < -0.39 is 5.97 Å². The van der Waals surface area contributed by atoms with Crippen LogP contribution in [0.1, 0.15) is 38.6 Å². The number of aryl methyl sites for hydroxylation is 1. The fourth-order valence-electron chi connectivity index (χ4n) is 3.69. The Bertz CT molecular complexity index is 1100. The first kappa shape index (κ1) is 18.1. The summed E-state index contributed by atoms with van der Waals surface area (Å²) in [5, 5.41) is 9.36. The summed E-state index contributed by atoms with van der Waals surface area (Å²) in [6, 6.07) is 0. The van der Waals surface area contributed by atoms with E-state index in [1.165, 1.54) is 6.33 Å². The van der Waals surface area contributed by atoms with Crippen molar-refractivity contribution in [3.63, 3.8) is 0 Å². The highest BCUT2D eigenvalue weighted by atomic mass is 16.4. The van der Waals surface area contributed by atoms with Crippen LogP contribution in [0.15, 0.2) is 23.5 Å². The molecule has 4 rings (SSSR count). The van der Waals surface area contributed by atoms with Gasteiger partial charge in [-0.1, -0.05) is 0 Å². The number of H-pyrrole nitrogens is 2. The van der Waals surface area contributed by atoms with E-state index in [0.29, 0.717) is 47.7 Å². The van der Waals surface area contributed by atoms with Gasteiger partial charge in [0.05, 0.1) is 22.4 Å². The lowest BCUT2D eigenvalue weighted by atomic mass is 10.1. The molecule has 3 aromatic heterocycles. The van der Waals surface area contributed by atoms with E-state index in [1.807, 2.05) is 6.92 Å². The van der Waals surface area contributed by atoms with Crippen LogP contribution < -0.4 is 5.56 Å². The highest BCUT2D eigenvalue weighted by molar-refractivity contribution is 5.91. The third kappa shape index (κ3) is 3.20. The Morgan fingerprint density at radius 2 is 2.00 bits per heavy atom. The van der Waals surface area contributed by atoms with Crippen molar-refractivity contribution in [1.29, 1.82) is 0 Å². The van der Waals surface area contributed by atoms with E-state index in [2.05, 4.69) is 29.8 Å². The molecular weight excluding hydrogens is 360 g/mol. The third-order valence-electron chi connectivity index (χ3n) is 5.12. The molecule has 0 atom stereocenters. The lowest BCUT2D eigenvalue weighted by molar-refractivity contribution is 0.0695. The van der Waals surface area contributed by atoms with Gasteiger partial charge >= 0.3 is 5.97 Å². The van der Waals surface area contributed by atoms with Gasteiger partial charge < -0.3 is 15.1 Å². The van der Waals surface area contributed by atoms with E-state index in [9.17, 15) is 14.7 Å². The number of nitrogens with one attached hydrogen (secondary N) is 2. The molecule has 0 bridgehead atoms. The molecule has 3 N–H and O–H groups in total. The lowest BCUT2D eigenvalue weighted by Gasteiger charge is -2.27. The Morgan fingerprint density at radius 1 is 1.25 bits per heavy atom. The summed E-state index contributed by atoms with van der Waals surface area (Å²) >= 11 is 0. The SMILES string of the molecule is Cc1[nH]c(CN2CCc3nc(-c4cncnc4)[nH]c(=O)c3C2)c(C)c1C(=O)O. The molecule has 0 fully saturated rings. The molecule has 0 saturated carbocycles. The van der Waals surface area contributed by atoms with Crippen LogP contribution in [0.3, 0.4) is 0 Å². The van der Waals surface area contributed by atoms with Gasteiger partial charge in [0.2, 0.25) is 0 Å².